The molecule has 0 spiro atoms. The Balaban J connectivity index is 0.00000243. The minimum absolute atomic E-state index is 0. The van der Waals surface area contributed by atoms with Crippen LogP contribution in [0.15, 0.2) is 91.0 Å². The molecule has 0 radical (unpaired) electrons. The zero-order valence-electron chi connectivity index (χ0n) is 16.2. The van der Waals surface area contributed by atoms with Crippen molar-refractivity contribution in [2.45, 2.75) is 39.0 Å². The SMILES string of the molecule is CC(C)P(c1ccccc1)(c1ccccc1)(c1ccccc1)C(C)C.I. The fourth-order valence-corrected chi connectivity index (χ4v) is 13.2. The molecule has 0 aromatic heterocycles. The van der Waals surface area contributed by atoms with Gasteiger partial charge in [0.25, 0.3) is 0 Å². The Hall–Kier alpha value is -1.18. The van der Waals surface area contributed by atoms with Crippen molar-refractivity contribution in [1.82, 2.24) is 0 Å². The molecule has 0 amide bonds. The molecular formula is C24H30IP. The van der Waals surface area contributed by atoms with E-state index in [0.29, 0.717) is 11.3 Å². The summed E-state index contributed by atoms with van der Waals surface area (Å²) in [6.07, 6.45) is 0. The van der Waals surface area contributed by atoms with Crippen LogP contribution in [0.25, 0.3) is 0 Å². The largest absolute Gasteiger partial charge is 0.107 e. The van der Waals surface area contributed by atoms with E-state index in [2.05, 4.69) is 119 Å². The quantitative estimate of drug-likeness (QED) is 0.315. The van der Waals surface area contributed by atoms with Crippen LogP contribution in [-0.4, -0.2) is 11.3 Å². The number of benzene rings is 3. The molecule has 0 heterocycles. The van der Waals surface area contributed by atoms with Crippen LogP contribution in [0.5, 0.6) is 0 Å². The van der Waals surface area contributed by atoms with Crippen LogP contribution in [0.2, 0.25) is 0 Å². The predicted molar refractivity (Wildman–Crippen MR) is 131 cm³/mol. The number of halogens is 1. The van der Waals surface area contributed by atoms with Crippen LogP contribution >= 0.6 is 30.6 Å². The molecule has 26 heavy (non-hydrogen) atoms. The second-order valence-electron chi connectivity index (χ2n) is 7.45. The number of hydrogen-bond acceptors (Lipinski definition) is 0. The van der Waals surface area contributed by atoms with Gasteiger partial charge in [0.2, 0.25) is 0 Å². The van der Waals surface area contributed by atoms with E-state index >= 15 is 0 Å². The third-order valence-corrected chi connectivity index (χ3v) is 14.6. The fourth-order valence-electron chi connectivity index (χ4n) is 5.08. The van der Waals surface area contributed by atoms with Crippen molar-refractivity contribution in [3.63, 3.8) is 0 Å². The van der Waals surface area contributed by atoms with Gasteiger partial charge in [0.1, 0.15) is 0 Å². The first kappa shape index (κ1) is 21.1. The summed E-state index contributed by atoms with van der Waals surface area (Å²) in [5, 5.41) is 4.49. The summed E-state index contributed by atoms with van der Waals surface area (Å²) < 4.78 is 0. The van der Waals surface area contributed by atoms with Crippen LogP contribution in [-0.2, 0) is 0 Å². The van der Waals surface area contributed by atoms with Gasteiger partial charge in [0, 0.05) is 0 Å². The van der Waals surface area contributed by atoms with Gasteiger partial charge in [-0.15, -0.1) is 24.0 Å². The van der Waals surface area contributed by atoms with Crippen LogP contribution in [0, 0.1) is 0 Å². The zero-order valence-corrected chi connectivity index (χ0v) is 19.4. The molecule has 0 atom stereocenters. The van der Waals surface area contributed by atoms with Crippen molar-refractivity contribution in [1.29, 1.82) is 0 Å². The molecule has 0 fully saturated rings. The molecule has 0 saturated heterocycles. The van der Waals surface area contributed by atoms with Crippen molar-refractivity contribution in [2.24, 2.45) is 0 Å². The predicted octanol–water partition coefficient (Wildman–Crippen LogP) is 5.95. The van der Waals surface area contributed by atoms with Crippen molar-refractivity contribution in [2.75, 3.05) is 0 Å². The van der Waals surface area contributed by atoms with E-state index in [4.69, 9.17) is 0 Å². The van der Waals surface area contributed by atoms with E-state index in [1.807, 2.05) is 0 Å². The van der Waals surface area contributed by atoms with E-state index in [9.17, 15) is 0 Å². The van der Waals surface area contributed by atoms with E-state index < -0.39 is 6.60 Å². The van der Waals surface area contributed by atoms with Crippen molar-refractivity contribution in [3.05, 3.63) is 91.0 Å². The van der Waals surface area contributed by atoms with Crippen LogP contribution in [0.4, 0.5) is 0 Å². The van der Waals surface area contributed by atoms with Gasteiger partial charge in [-0.05, 0) is 0 Å². The third kappa shape index (κ3) is 2.75. The molecule has 2 heteroatoms. The second-order valence-corrected chi connectivity index (χ2v) is 13.6. The molecule has 0 unspecified atom stereocenters. The van der Waals surface area contributed by atoms with Gasteiger partial charge in [-0.25, -0.2) is 0 Å². The van der Waals surface area contributed by atoms with Gasteiger partial charge in [-0.1, -0.05) is 0 Å². The molecule has 0 saturated carbocycles. The Bertz CT molecular complexity index is 699. The zero-order chi connectivity index (χ0) is 17.9. The summed E-state index contributed by atoms with van der Waals surface area (Å²) in [6, 6.07) is 33.8. The molecule has 0 N–H and O–H groups in total. The Morgan fingerprint density at radius 3 is 0.885 bits per heavy atom. The molecule has 3 aromatic carbocycles. The first-order valence-corrected chi connectivity index (χ1v) is 11.6. The Labute approximate surface area is 176 Å². The summed E-state index contributed by atoms with van der Waals surface area (Å²) in [6.45, 7) is 7.04. The first-order valence-electron chi connectivity index (χ1n) is 9.23. The van der Waals surface area contributed by atoms with E-state index in [-0.39, 0.29) is 24.0 Å². The standard InChI is InChI=1S/C24H29P.HI/c1-20(2)25(21(3)4,22-14-8-5-9-15-22,23-16-10-6-11-17-23)24-18-12-7-13-19-24;/h5-21H,1-4H3;1H. The van der Waals surface area contributed by atoms with Gasteiger partial charge in [-0.2, -0.15) is 0 Å². The maximum atomic E-state index is 2.42. The van der Waals surface area contributed by atoms with Gasteiger partial charge in [0.05, 0.1) is 0 Å². The van der Waals surface area contributed by atoms with Gasteiger partial charge in [0.15, 0.2) is 0 Å². The molecule has 138 valence electrons. The summed E-state index contributed by atoms with van der Waals surface area (Å²) in [5.74, 6) is 0. The smallest absolute Gasteiger partial charge is 0.107 e. The molecular weight excluding hydrogens is 446 g/mol. The minimum Gasteiger partial charge on any atom is -0.107 e. The first-order chi connectivity index (χ1) is 12.0. The van der Waals surface area contributed by atoms with Crippen LogP contribution < -0.4 is 15.9 Å². The molecule has 0 aliphatic carbocycles. The third-order valence-electron chi connectivity index (χ3n) is 6.08. The molecule has 0 aliphatic rings. The van der Waals surface area contributed by atoms with Crippen molar-refractivity contribution >= 4 is 46.5 Å². The topological polar surface area (TPSA) is 0 Å². The van der Waals surface area contributed by atoms with Crippen LogP contribution in [0.1, 0.15) is 27.7 Å². The average Bonchev–Trinajstić information content (AvgIpc) is 2.65. The molecule has 0 nitrogen and oxygen atoms in total. The summed E-state index contributed by atoms with van der Waals surface area (Å²) in [7, 11) is 0. The maximum Gasteiger partial charge on any atom is -0.107 e. The molecule has 0 aliphatic heterocycles. The molecule has 3 aromatic rings. The number of hydrogen-bond donors (Lipinski definition) is 0. The maximum absolute atomic E-state index is 2.64. The summed E-state index contributed by atoms with van der Waals surface area (Å²) in [4.78, 5) is 0. The van der Waals surface area contributed by atoms with E-state index in [1.165, 1.54) is 15.9 Å². The summed E-state index contributed by atoms with van der Waals surface area (Å²) in [5.41, 5.74) is 1.02. The fraction of sp³-hybridized carbons (Fsp3) is 0.250. The Morgan fingerprint density at radius 1 is 0.462 bits per heavy atom. The molecule has 3 rings (SSSR count). The summed E-state index contributed by atoms with van der Waals surface area (Å²) >= 11 is 0. The Kier molecular flexibility index (Phi) is 6.69. The van der Waals surface area contributed by atoms with Gasteiger partial charge in [-0.3, -0.25) is 0 Å². The van der Waals surface area contributed by atoms with Gasteiger partial charge < -0.3 is 0 Å². The second kappa shape index (κ2) is 8.23. The molecule has 0 bridgehead atoms. The van der Waals surface area contributed by atoms with Crippen molar-refractivity contribution < 1.29 is 0 Å². The Morgan fingerprint density at radius 2 is 0.692 bits per heavy atom. The van der Waals surface area contributed by atoms with E-state index in [1.54, 1.807) is 0 Å². The number of rotatable bonds is 5. The van der Waals surface area contributed by atoms with Crippen LogP contribution in [0.3, 0.4) is 0 Å². The average molecular weight is 476 g/mol. The minimum atomic E-state index is -2.64. The van der Waals surface area contributed by atoms with Gasteiger partial charge >= 0.3 is 153 Å². The monoisotopic (exact) mass is 476 g/mol. The van der Waals surface area contributed by atoms with E-state index in [0.717, 1.165) is 0 Å². The van der Waals surface area contributed by atoms with Crippen molar-refractivity contribution in [3.8, 4) is 0 Å². The normalized spacial score (nSPS) is 13.1.